The van der Waals surface area contributed by atoms with E-state index in [-0.39, 0.29) is 29.1 Å². The van der Waals surface area contributed by atoms with Crippen LogP contribution in [0.5, 0.6) is 17.2 Å². The Kier molecular flexibility index (Phi) is 4.80. The van der Waals surface area contributed by atoms with Gasteiger partial charge in [-0.1, -0.05) is 36.4 Å². The van der Waals surface area contributed by atoms with Crippen molar-refractivity contribution in [2.45, 2.75) is 49.4 Å². The van der Waals surface area contributed by atoms with Gasteiger partial charge in [-0.15, -0.1) is 0 Å². The number of fused-ring (bicyclic) bond motifs is 2. The van der Waals surface area contributed by atoms with E-state index in [9.17, 15) is 9.00 Å². The molecule has 2 fully saturated rings. The van der Waals surface area contributed by atoms with Crippen LogP contribution >= 0.6 is 0 Å². The van der Waals surface area contributed by atoms with Crippen molar-refractivity contribution >= 4 is 16.9 Å². The zero-order valence-electron chi connectivity index (χ0n) is 18.4. The summed E-state index contributed by atoms with van der Waals surface area (Å²) in [6.07, 6.45) is 3.46. The zero-order valence-corrected chi connectivity index (χ0v) is 19.2. The van der Waals surface area contributed by atoms with E-state index in [0.29, 0.717) is 0 Å². The maximum atomic E-state index is 12.0. The summed E-state index contributed by atoms with van der Waals surface area (Å²) in [4.78, 5) is 11.5. The van der Waals surface area contributed by atoms with Crippen molar-refractivity contribution in [3.63, 3.8) is 0 Å². The number of nitrogens with one attached hydrogen (secondary N) is 1. The zero-order chi connectivity index (χ0) is 22.6. The third-order valence-corrected chi connectivity index (χ3v) is 8.47. The van der Waals surface area contributed by atoms with E-state index in [1.165, 1.54) is 16.7 Å². The fourth-order valence-corrected chi connectivity index (χ4v) is 6.44. The average Bonchev–Trinajstić information content (AvgIpc) is 3.17. The second-order valence-corrected chi connectivity index (χ2v) is 10.6. The van der Waals surface area contributed by atoms with Crippen molar-refractivity contribution < 1.29 is 18.5 Å². The first kappa shape index (κ1) is 20.5. The quantitative estimate of drug-likeness (QED) is 0.580. The Hall–Kier alpha value is -3.12. The maximum Gasteiger partial charge on any atom is 0.233 e. The van der Waals surface area contributed by atoms with Crippen LogP contribution in [-0.2, 0) is 27.6 Å². The number of hydrogen-bond acceptors (Lipinski definition) is 4. The number of benzene rings is 3. The lowest BCUT2D eigenvalue weighted by molar-refractivity contribution is -0.118. The highest BCUT2D eigenvalue weighted by molar-refractivity contribution is 7.84. The highest BCUT2D eigenvalue weighted by Gasteiger charge is 2.60. The molecule has 1 N–H and O–H groups in total. The van der Waals surface area contributed by atoms with Gasteiger partial charge in [0.15, 0.2) is 0 Å². The van der Waals surface area contributed by atoms with Gasteiger partial charge in [-0.25, -0.2) is 4.21 Å². The number of rotatable bonds is 5. The van der Waals surface area contributed by atoms with E-state index in [2.05, 4.69) is 42.0 Å². The number of carbonyl (C=O) groups excluding carboxylic acids is 1. The fourth-order valence-electron chi connectivity index (χ4n) is 5.28. The molecule has 6 heteroatoms. The van der Waals surface area contributed by atoms with Crippen molar-refractivity contribution in [1.82, 2.24) is 4.72 Å². The fraction of sp³-hybridized carbons (Fsp3) is 0.296. The summed E-state index contributed by atoms with van der Waals surface area (Å²) >= 11 is 0. The first-order valence-electron chi connectivity index (χ1n) is 11.4. The van der Waals surface area contributed by atoms with Gasteiger partial charge in [-0.2, -0.15) is 0 Å². The van der Waals surface area contributed by atoms with Gasteiger partial charge < -0.3 is 9.47 Å². The van der Waals surface area contributed by atoms with Gasteiger partial charge in [0.25, 0.3) is 0 Å². The lowest BCUT2D eigenvalue weighted by atomic mass is 9.97. The summed E-state index contributed by atoms with van der Waals surface area (Å²) in [6, 6.07) is 22.2. The molecule has 168 valence electrons. The smallest absolute Gasteiger partial charge is 0.233 e. The Labute approximate surface area is 195 Å². The molecule has 5 nitrogen and oxygen atoms in total. The summed E-state index contributed by atoms with van der Waals surface area (Å²) in [5.41, 5.74) is 4.78. The molecule has 1 amide bonds. The summed E-state index contributed by atoms with van der Waals surface area (Å²) in [7, 11) is -1.35. The molecular weight excluding hydrogens is 434 g/mol. The minimum atomic E-state index is -1.35. The number of amides is 1. The molecule has 1 saturated carbocycles. The normalized spacial score (nSPS) is 27.3. The average molecular weight is 460 g/mol. The molecule has 3 aliphatic rings. The monoisotopic (exact) mass is 459 g/mol. The Morgan fingerprint density at radius 2 is 1.85 bits per heavy atom. The second kappa shape index (κ2) is 7.73. The second-order valence-electron chi connectivity index (χ2n) is 9.25. The number of ether oxygens (including phenoxy) is 2. The van der Waals surface area contributed by atoms with Crippen LogP contribution in [0, 0.1) is 6.92 Å². The standard InChI is InChI=1S/C27H25NO4S/c1-17-4-2-5-20(14-17)31-23-7-3-6-22-21(23)12-13-27(22)16-25(27)32-19-10-8-18(9-11-19)24-15-26(29)28-33(24)30/h2-11,14,24-25H,12-13,15-16H2,1H3,(H,28,29)/t24?,25-,27-,33?/m1/s1. The molecule has 4 atom stereocenters. The van der Waals surface area contributed by atoms with Crippen LogP contribution in [0.25, 0.3) is 0 Å². The van der Waals surface area contributed by atoms with Crippen molar-refractivity contribution in [2.75, 3.05) is 0 Å². The van der Waals surface area contributed by atoms with Crippen LogP contribution in [0.15, 0.2) is 66.7 Å². The molecule has 6 rings (SSSR count). The number of carbonyl (C=O) groups is 1. The van der Waals surface area contributed by atoms with Crippen LogP contribution in [0.1, 0.15) is 46.8 Å². The molecule has 1 aliphatic heterocycles. The summed E-state index contributed by atoms with van der Waals surface area (Å²) < 4.78 is 27.1. The Balaban J connectivity index is 1.18. The SMILES string of the molecule is Cc1cccc(Oc2cccc3c2CC[C@@]32C[C@H]2Oc2ccc(C3CC(=O)NS3=O)cc2)c1. The number of hydrogen-bond donors (Lipinski definition) is 1. The molecule has 1 spiro atoms. The highest BCUT2D eigenvalue weighted by atomic mass is 32.2. The molecule has 2 aliphatic carbocycles. The first-order valence-corrected chi connectivity index (χ1v) is 12.6. The Morgan fingerprint density at radius 3 is 2.61 bits per heavy atom. The third-order valence-electron chi connectivity index (χ3n) is 7.09. The van der Waals surface area contributed by atoms with Gasteiger partial charge >= 0.3 is 0 Å². The van der Waals surface area contributed by atoms with Crippen LogP contribution in [-0.4, -0.2) is 16.2 Å². The molecule has 3 aromatic carbocycles. The van der Waals surface area contributed by atoms with Crippen molar-refractivity contribution in [1.29, 1.82) is 0 Å². The van der Waals surface area contributed by atoms with Crippen molar-refractivity contribution in [2.24, 2.45) is 0 Å². The molecule has 1 saturated heterocycles. The number of aryl methyl sites for hydroxylation is 1. The Bertz CT molecular complexity index is 1270. The van der Waals surface area contributed by atoms with Crippen LogP contribution in [0.2, 0.25) is 0 Å². The summed E-state index contributed by atoms with van der Waals surface area (Å²) in [5, 5.41) is -0.285. The lowest BCUT2D eigenvalue weighted by Gasteiger charge is -2.15. The van der Waals surface area contributed by atoms with Gasteiger partial charge in [0.05, 0.1) is 5.25 Å². The van der Waals surface area contributed by atoms with Crippen molar-refractivity contribution in [3.05, 3.63) is 89.0 Å². The maximum absolute atomic E-state index is 12.0. The van der Waals surface area contributed by atoms with Gasteiger partial charge in [0.1, 0.15) is 34.3 Å². The van der Waals surface area contributed by atoms with Crippen LogP contribution in [0.4, 0.5) is 0 Å². The van der Waals surface area contributed by atoms with Crippen molar-refractivity contribution in [3.8, 4) is 17.2 Å². The predicted octanol–water partition coefficient (Wildman–Crippen LogP) is 5.05. The largest absolute Gasteiger partial charge is 0.489 e. The molecule has 1 heterocycles. The van der Waals surface area contributed by atoms with Gasteiger partial charge in [-0.05, 0) is 78.8 Å². The van der Waals surface area contributed by atoms with Gasteiger partial charge in [-0.3, -0.25) is 9.52 Å². The molecule has 0 aromatic heterocycles. The topological polar surface area (TPSA) is 64.6 Å². The van der Waals surface area contributed by atoms with E-state index in [4.69, 9.17) is 9.47 Å². The minimum Gasteiger partial charge on any atom is -0.489 e. The predicted molar refractivity (Wildman–Crippen MR) is 127 cm³/mol. The molecule has 2 unspecified atom stereocenters. The van der Waals surface area contributed by atoms with Crippen LogP contribution < -0.4 is 14.2 Å². The third kappa shape index (κ3) is 3.62. The van der Waals surface area contributed by atoms with E-state index in [0.717, 1.165) is 42.1 Å². The van der Waals surface area contributed by atoms with E-state index >= 15 is 0 Å². The van der Waals surface area contributed by atoms with Gasteiger partial charge in [0, 0.05) is 11.8 Å². The first-order chi connectivity index (χ1) is 16.0. The molecule has 0 radical (unpaired) electrons. The van der Waals surface area contributed by atoms with E-state index < -0.39 is 11.0 Å². The molecular formula is C27H25NO4S. The summed E-state index contributed by atoms with van der Waals surface area (Å²) in [5.74, 6) is 2.46. The minimum absolute atomic E-state index is 0.0588. The van der Waals surface area contributed by atoms with E-state index in [1.807, 2.05) is 36.4 Å². The van der Waals surface area contributed by atoms with E-state index in [1.54, 1.807) is 0 Å². The van der Waals surface area contributed by atoms with Gasteiger partial charge in [0.2, 0.25) is 5.91 Å². The lowest BCUT2D eigenvalue weighted by Crippen LogP contribution is -2.15. The molecule has 0 bridgehead atoms. The van der Waals surface area contributed by atoms with Crippen LogP contribution in [0.3, 0.4) is 0 Å². The Morgan fingerprint density at radius 1 is 1.03 bits per heavy atom. The summed E-state index contributed by atoms with van der Waals surface area (Å²) in [6.45, 7) is 2.07. The molecule has 33 heavy (non-hydrogen) atoms. The molecule has 3 aromatic rings. The highest BCUT2D eigenvalue weighted by Crippen LogP contribution is 2.59.